The van der Waals surface area contributed by atoms with Gasteiger partial charge in [0.1, 0.15) is 11.4 Å². The Morgan fingerprint density at radius 2 is 1.90 bits per heavy atom. The molecule has 0 saturated heterocycles. The van der Waals surface area contributed by atoms with E-state index >= 15 is 0 Å². The van der Waals surface area contributed by atoms with Gasteiger partial charge in [0.15, 0.2) is 11.0 Å². The quantitative estimate of drug-likeness (QED) is 0.438. The first-order chi connectivity index (χ1) is 15.1. The second-order valence-corrected chi connectivity index (χ2v) is 7.70. The van der Waals surface area contributed by atoms with E-state index in [1.807, 2.05) is 72.2 Å². The van der Waals surface area contributed by atoms with E-state index in [0.29, 0.717) is 28.1 Å². The van der Waals surface area contributed by atoms with E-state index in [-0.39, 0.29) is 11.7 Å². The van der Waals surface area contributed by atoms with Crippen LogP contribution in [0.4, 0.5) is 5.69 Å². The Morgan fingerprint density at radius 3 is 2.65 bits per heavy atom. The summed E-state index contributed by atoms with van der Waals surface area (Å²) >= 11 is 1.32. The normalized spacial score (nSPS) is 10.6. The zero-order valence-electron chi connectivity index (χ0n) is 17.1. The Balaban J connectivity index is 1.57. The van der Waals surface area contributed by atoms with Crippen LogP contribution in [0.15, 0.2) is 78.1 Å². The first-order valence-electron chi connectivity index (χ1n) is 9.64. The van der Waals surface area contributed by atoms with Crippen molar-refractivity contribution in [2.24, 2.45) is 0 Å². The highest BCUT2D eigenvalue weighted by Crippen LogP contribution is 2.27. The minimum atomic E-state index is -0.143. The number of nitrogens with one attached hydrogen (secondary N) is 1. The number of anilines is 1. The van der Waals surface area contributed by atoms with Crippen LogP contribution in [-0.4, -0.2) is 38.5 Å². The third-order valence-corrected chi connectivity index (χ3v) is 5.43. The fraction of sp³-hybridized carbons (Fsp3) is 0.130. The highest BCUT2D eigenvalue weighted by atomic mass is 32.2. The maximum atomic E-state index is 12.5. The van der Waals surface area contributed by atoms with Gasteiger partial charge in [-0.25, -0.2) is 0 Å². The predicted molar refractivity (Wildman–Crippen MR) is 122 cm³/mol. The summed E-state index contributed by atoms with van der Waals surface area (Å²) in [4.78, 5) is 16.9. The molecule has 0 aliphatic carbocycles. The lowest BCUT2D eigenvalue weighted by Gasteiger charge is -2.11. The minimum Gasteiger partial charge on any atom is -0.497 e. The molecular formula is C23H21N5O2S. The van der Waals surface area contributed by atoms with Crippen molar-refractivity contribution in [3.63, 3.8) is 0 Å². The molecule has 0 saturated carbocycles. The molecule has 0 fully saturated rings. The molecule has 31 heavy (non-hydrogen) atoms. The Hall–Kier alpha value is -3.65. The largest absolute Gasteiger partial charge is 0.497 e. The number of thioether (sulfide) groups is 1. The van der Waals surface area contributed by atoms with Gasteiger partial charge in [-0.15, -0.1) is 10.2 Å². The molecule has 2 aromatic carbocycles. The van der Waals surface area contributed by atoms with Crippen molar-refractivity contribution < 1.29 is 9.53 Å². The molecule has 1 N–H and O–H groups in total. The second kappa shape index (κ2) is 9.44. The number of benzene rings is 2. The number of hydrogen-bond acceptors (Lipinski definition) is 6. The first kappa shape index (κ1) is 20.6. The summed E-state index contributed by atoms with van der Waals surface area (Å²) in [6.45, 7) is 2.04. The topological polar surface area (TPSA) is 81.9 Å². The zero-order valence-corrected chi connectivity index (χ0v) is 18.0. The number of methoxy groups -OCH3 is 1. The molecule has 0 spiro atoms. The molecule has 0 unspecified atom stereocenters. The zero-order chi connectivity index (χ0) is 21.6. The summed E-state index contributed by atoms with van der Waals surface area (Å²) < 4.78 is 7.12. The number of amides is 1. The van der Waals surface area contributed by atoms with Crippen molar-refractivity contribution in [1.29, 1.82) is 0 Å². The van der Waals surface area contributed by atoms with Crippen molar-refractivity contribution in [2.45, 2.75) is 12.1 Å². The smallest absolute Gasteiger partial charge is 0.234 e. The van der Waals surface area contributed by atoms with E-state index in [2.05, 4.69) is 20.5 Å². The molecular weight excluding hydrogens is 410 g/mol. The third kappa shape index (κ3) is 4.92. The van der Waals surface area contributed by atoms with Gasteiger partial charge in [0.2, 0.25) is 5.91 Å². The molecule has 0 aliphatic rings. The highest BCUT2D eigenvalue weighted by molar-refractivity contribution is 7.99. The van der Waals surface area contributed by atoms with Gasteiger partial charge in [0, 0.05) is 23.6 Å². The molecule has 4 aromatic rings. The highest BCUT2D eigenvalue weighted by Gasteiger charge is 2.18. The van der Waals surface area contributed by atoms with Crippen LogP contribution in [0.2, 0.25) is 0 Å². The fourth-order valence-electron chi connectivity index (χ4n) is 2.98. The molecule has 0 bridgehead atoms. The number of nitrogens with zero attached hydrogens (tertiary/aromatic N) is 4. The number of carbonyl (C=O) groups is 1. The van der Waals surface area contributed by atoms with Gasteiger partial charge < -0.3 is 10.1 Å². The average Bonchev–Trinajstić information content (AvgIpc) is 3.23. The van der Waals surface area contributed by atoms with Gasteiger partial charge in [0.25, 0.3) is 0 Å². The van der Waals surface area contributed by atoms with Crippen molar-refractivity contribution in [1.82, 2.24) is 19.7 Å². The SMILES string of the molecule is COc1cccc(NC(=O)CSc2nnc(-c3ccccn3)n2-c2ccc(C)cc2)c1. The van der Waals surface area contributed by atoms with Crippen LogP contribution in [0.3, 0.4) is 0 Å². The molecule has 156 valence electrons. The number of rotatable bonds is 7. The summed E-state index contributed by atoms with van der Waals surface area (Å²) in [5.74, 6) is 1.35. The molecule has 4 rings (SSSR count). The number of ether oxygens (including phenoxy) is 1. The van der Waals surface area contributed by atoms with E-state index in [1.165, 1.54) is 11.8 Å². The molecule has 2 aromatic heterocycles. The molecule has 0 atom stereocenters. The van der Waals surface area contributed by atoms with Gasteiger partial charge in [0.05, 0.1) is 12.9 Å². The maximum Gasteiger partial charge on any atom is 0.234 e. The van der Waals surface area contributed by atoms with E-state index in [0.717, 1.165) is 11.3 Å². The lowest BCUT2D eigenvalue weighted by Crippen LogP contribution is -2.14. The lowest BCUT2D eigenvalue weighted by molar-refractivity contribution is -0.113. The summed E-state index contributed by atoms with van der Waals surface area (Å²) in [6.07, 6.45) is 1.72. The molecule has 8 heteroatoms. The number of aryl methyl sites for hydroxylation is 1. The van der Waals surface area contributed by atoms with E-state index < -0.39 is 0 Å². The van der Waals surface area contributed by atoms with Crippen LogP contribution in [0, 0.1) is 6.92 Å². The number of hydrogen-bond donors (Lipinski definition) is 1. The van der Waals surface area contributed by atoms with Gasteiger partial charge in [-0.1, -0.05) is 41.6 Å². The Bertz CT molecular complexity index is 1180. The van der Waals surface area contributed by atoms with Gasteiger partial charge in [-0.3, -0.25) is 14.3 Å². The molecule has 2 heterocycles. The summed E-state index contributed by atoms with van der Waals surface area (Å²) in [5.41, 5.74) is 3.46. The van der Waals surface area contributed by atoms with Crippen molar-refractivity contribution in [3.05, 3.63) is 78.5 Å². The van der Waals surface area contributed by atoms with E-state index in [9.17, 15) is 4.79 Å². The number of pyridine rings is 1. The van der Waals surface area contributed by atoms with E-state index in [1.54, 1.807) is 19.4 Å². The average molecular weight is 432 g/mol. The molecule has 0 radical (unpaired) electrons. The van der Waals surface area contributed by atoms with Gasteiger partial charge >= 0.3 is 0 Å². The summed E-state index contributed by atoms with van der Waals surface area (Å²) in [5, 5.41) is 12.2. The standard InChI is InChI=1S/C23H21N5O2S/c1-16-9-11-18(12-10-16)28-22(20-8-3-4-13-24-20)26-27-23(28)31-15-21(29)25-17-6-5-7-19(14-17)30-2/h3-14H,15H2,1-2H3,(H,25,29). The van der Waals surface area contributed by atoms with E-state index in [4.69, 9.17) is 4.74 Å². The fourth-order valence-corrected chi connectivity index (χ4v) is 3.73. The third-order valence-electron chi connectivity index (χ3n) is 4.51. The number of carbonyl (C=O) groups excluding carboxylic acids is 1. The van der Waals surface area contributed by atoms with Crippen LogP contribution in [0.25, 0.3) is 17.2 Å². The van der Waals surface area contributed by atoms with Crippen molar-refractivity contribution in [3.8, 4) is 23.0 Å². The van der Waals surface area contributed by atoms with Crippen LogP contribution in [0.5, 0.6) is 5.75 Å². The van der Waals surface area contributed by atoms with Crippen molar-refractivity contribution >= 4 is 23.4 Å². The molecule has 0 aliphatic heterocycles. The van der Waals surface area contributed by atoms with Crippen LogP contribution in [-0.2, 0) is 4.79 Å². The van der Waals surface area contributed by atoms with Gasteiger partial charge in [-0.2, -0.15) is 0 Å². The summed E-state index contributed by atoms with van der Waals surface area (Å²) in [7, 11) is 1.59. The Labute approximate surface area is 184 Å². The van der Waals surface area contributed by atoms with Crippen LogP contribution >= 0.6 is 11.8 Å². The molecule has 1 amide bonds. The van der Waals surface area contributed by atoms with Gasteiger partial charge in [-0.05, 0) is 43.3 Å². The van der Waals surface area contributed by atoms with Crippen molar-refractivity contribution in [2.75, 3.05) is 18.2 Å². The lowest BCUT2D eigenvalue weighted by atomic mass is 10.2. The Morgan fingerprint density at radius 1 is 1.06 bits per heavy atom. The second-order valence-electron chi connectivity index (χ2n) is 6.76. The minimum absolute atomic E-state index is 0.143. The summed E-state index contributed by atoms with van der Waals surface area (Å²) in [6, 6.07) is 21.0. The van der Waals surface area contributed by atoms with Crippen LogP contribution < -0.4 is 10.1 Å². The monoisotopic (exact) mass is 431 g/mol. The number of aromatic nitrogens is 4. The Kier molecular flexibility index (Phi) is 6.28. The predicted octanol–water partition coefficient (Wildman–Crippen LogP) is 4.38. The van der Waals surface area contributed by atoms with Crippen LogP contribution in [0.1, 0.15) is 5.56 Å². The molecule has 7 nitrogen and oxygen atoms in total. The maximum absolute atomic E-state index is 12.5. The first-order valence-corrected chi connectivity index (χ1v) is 10.6.